The largest absolute Gasteiger partial charge is 0.508 e. The number of carboxylic acid groups (broad SMARTS) is 1. The lowest BCUT2D eigenvalue weighted by molar-refractivity contribution is -0.146. The quantitative estimate of drug-likeness (QED) is 0.0179. The summed E-state index contributed by atoms with van der Waals surface area (Å²) in [5.41, 5.74) is 27.9. The van der Waals surface area contributed by atoms with Crippen molar-refractivity contribution in [1.82, 2.24) is 42.1 Å². The highest BCUT2D eigenvalue weighted by Crippen LogP contribution is 2.21. The molecule has 446 valence electrons. The number of carbonyl (C=O) groups is 11. The summed E-state index contributed by atoms with van der Waals surface area (Å²) in [6.07, 6.45) is -5.03. The lowest BCUT2D eigenvalue weighted by Crippen LogP contribution is -2.62. The van der Waals surface area contributed by atoms with Gasteiger partial charge in [-0.2, -0.15) is 0 Å². The SMILES string of the molecule is C[C@@H](O)[C@H](NC(=O)[C@H](CCCN=C(N)N)NC(=O)[C@@H]1CCCN1C(=O)[C@@H](NC(=O)[C@H](CO)NC(=O)[C@H](Cc1ccc(O)cc1)NC(=O)[C@H](Cc1ccc(O)cc1)NC(=O)[C@H](CCC(N)=O)NC(=O)[C@@H](N)CCC(N)=O)[C@@H](C)O)C(=O)O. The average molecular weight is 1140 g/mol. The third kappa shape index (κ3) is 22.2. The number of phenols is 2. The lowest BCUT2D eigenvalue weighted by Gasteiger charge is -2.32. The van der Waals surface area contributed by atoms with Gasteiger partial charge in [0.25, 0.3) is 0 Å². The number of likely N-dealkylation sites (tertiary alicyclic amines) is 1. The van der Waals surface area contributed by atoms with Gasteiger partial charge in [-0.15, -0.1) is 0 Å². The zero-order valence-electron chi connectivity index (χ0n) is 44.6. The Morgan fingerprint density at radius 2 is 1.02 bits per heavy atom. The molecule has 23 N–H and O–H groups in total. The molecule has 31 heteroatoms. The van der Waals surface area contributed by atoms with Gasteiger partial charge in [0, 0.05) is 38.8 Å². The van der Waals surface area contributed by atoms with E-state index in [1.54, 1.807) is 0 Å². The molecule has 81 heavy (non-hydrogen) atoms. The first-order valence-electron chi connectivity index (χ1n) is 25.7. The maximum atomic E-state index is 14.4. The molecule has 2 aromatic rings. The number of nitrogens with one attached hydrogen (secondary N) is 7. The summed E-state index contributed by atoms with van der Waals surface area (Å²) in [6, 6.07) is -3.68. The van der Waals surface area contributed by atoms with Gasteiger partial charge in [0.05, 0.1) is 24.9 Å². The number of carboxylic acids is 1. The first kappa shape index (κ1) is 66.6. The second-order valence-electron chi connectivity index (χ2n) is 19.3. The van der Waals surface area contributed by atoms with Crippen LogP contribution in [0.5, 0.6) is 11.5 Å². The van der Waals surface area contributed by atoms with Gasteiger partial charge in [-0.05, 0) is 87.8 Å². The zero-order valence-corrected chi connectivity index (χ0v) is 44.6. The third-order valence-electron chi connectivity index (χ3n) is 12.7. The second-order valence-corrected chi connectivity index (χ2v) is 19.3. The molecule has 1 heterocycles. The number of aliphatic hydroxyl groups excluding tert-OH is 3. The average Bonchev–Trinajstić information content (AvgIpc) is 3.98. The first-order chi connectivity index (χ1) is 38.1. The molecule has 0 unspecified atom stereocenters. The molecule has 1 aliphatic rings. The van der Waals surface area contributed by atoms with E-state index in [1.165, 1.54) is 48.5 Å². The number of primary amides is 2. The highest BCUT2D eigenvalue weighted by atomic mass is 16.4. The number of phenolic OH excluding ortho intramolecular Hbond substituents is 2. The van der Waals surface area contributed by atoms with Crippen LogP contribution in [0.1, 0.15) is 76.3 Å². The smallest absolute Gasteiger partial charge is 0.328 e. The fourth-order valence-electron chi connectivity index (χ4n) is 8.24. The Hall–Kier alpha value is -8.68. The number of aliphatic imine (C=N–C) groups is 1. The van der Waals surface area contributed by atoms with Crippen molar-refractivity contribution in [2.45, 2.75) is 145 Å². The van der Waals surface area contributed by atoms with Gasteiger partial charge < -0.3 is 101 Å². The minimum absolute atomic E-state index is 0.00155. The molecular weight excluding hydrogens is 1070 g/mol. The number of nitrogens with zero attached hydrogens (tertiary/aromatic N) is 2. The summed E-state index contributed by atoms with van der Waals surface area (Å²) < 4.78 is 0. The van der Waals surface area contributed by atoms with Crippen molar-refractivity contribution >= 4 is 71.0 Å². The number of aliphatic hydroxyl groups is 3. The third-order valence-corrected chi connectivity index (χ3v) is 12.7. The number of aromatic hydroxyl groups is 2. The van der Waals surface area contributed by atoms with Crippen molar-refractivity contribution < 1.29 is 83.4 Å². The molecule has 31 nitrogen and oxygen atoms in total. The fraction of sp³-hybridized carbons (Fsp3) is 0.520. The first-order valence-corrected chi connectivity index (χ1v) is 25.7. The van der Waals surface area contributed by atoms with Gasteiger partial charge in [-0.25, -0.2) is 4.79 Å². The molecule has 0 radical (unpaired) electrons. The predicted octanol–water partition coefficient (Wildman–Crippen LogP) is -6.98. The van der Waals surface area contributed by atoms with Gasteiger partial charge in [0.15, 0.2) is 12.0 Å². The van der Waals surface area contributed by atoms with Crippen LogP contribution in [-0.2, 0) is 65.6 Å². The van der Waals surface area contributed by atoms with Crippen LogP contribution in [0.3, 0.4) is 0 Å². The zero-order chi connectivity index (χ0) is 60.7. The Kier molecular flexibility index (Phi) is 26.6. The number of carbonyl (C=O) groups excluding carboxylic acids is 10. The van der Waals surface area contributed by atoms with E-state index in [1.807, 2.05) is 0 Å². The van der Waals surface area contributed by atoms with Crippen molar-refractivity contribution in [2.24, 2.45) is 33.7 Å². The molecule has 1 aliphatic heterocycles. The minimum atomic E-state index is -1.91. The fourth-order valence-corrected chi connectivity index (χ4v) is 8.24. The molecule has 11 atom stereocenters. The number of amides is 10. The van der Waals surface area contributed by atoms with Crippen molar-refractivity contribution in [3.8, 4) is 11.5 Å². The number of nitrogens with two attached hydrogens (primary N) is 5. The molecule has 0 aromatic heterocycles. The number of rotatable bonds is 33. The Labute approximate surface area is 464 Å². The summed E-state index contributed by atoms with van der Waals surface area (Å²) in [7, 11) is 0. The molecule has 1 saturated heterocycles. The Balaban J connectivity index is 1.91. The minimum Gasteiger partial charge on any atom is -0.508 e. The normalized spacial score (nSPS) is 16.6. The molecule has 1 fully saturated rings. The summed E-state index contributed by atoms with van der Waals surface area (Å²) in [5.74, 6) is -12.0. The van der Waals surface area contributed by atoms with Crippen LogP contribution in [0.4, 0.5) is 0 Å². The Bertz CT molecular complexity index is 2570. The summed E-state index contributed by atoms with van der Waals surface area (Å²) in [4.78, 5) is 151. The van der Waals surface area contributed by atoms with Gasteiger partial charge >= 0.3 is 5.97 Å². The van der Waals surface area contributed by atoms with Crippen molar-refractivity contribution in [3.63, 3.8) is 0 Å². The molecule has 2 aromatic carbocycles. The van der Waals surface area contributed by atoms with Crippen LogP contribution in [0.25, 0.3) is 0 Å². The maximum Gasteiger partial charge on any atom is 0.328 e. The van der Waals surface area contributed by atoms with E-state index in [0.717, 1.165) is 18.7 Å². The summed E-state index contributed by atoms with van der Waals surface area (Å²) in [5, 5.41) is 77.4. The van der Waals surface area contributed by atoms with E-state index in [0.29, 0.717) is 11.1 Å². The molecule has 3 rings (SSSR count). The van der Waals surface area contributed by atoms with Crippen molar-refractivity contribution in [2.75, 3.05) is 19.7 Å². The topological polar surface area (TPSA) is 539 Å². The van der Waals surface area contributed by atoms with E-state index >= 15 is 0 Å². The Morgan fingerprint density at radius 1 is 0.593 bits per heavy atom. The van der Waals surface area contributed by atoms with Gasteiger partial charge in [0.1, 0.15) is 53.8 Å². The van der Waals surface area contributed by atoms with Crippen molar-refractivity contribution in [3.05, 3.63) is 59.7 Å². The van der Waals surface area contributed by atoms with Crippen LogP contribution in [-0.4, -0.2) is 193 Å². The summed E-state index contributed by atoms with van der Waals surface area (Å²) in [6.45, 7) is 1.02. The van der Waals surface area contributed by atoms with E-state index in [4.69, 9.17) is 28.7 Å². The number of hydrogen-bond acceptors (Lipinski definition) is 18. The molecular formula is C50H74N14O17. The number of hydrogen-bond donors (Lipinski definition) is 18. The van der Waals surface area contributed by atoms with Crippen molar-refractivity contribution in [1.29, 1.82) is 0 Å². The van der Waals surface area contributed by atoms with E-state index < -0.39 is 145 Å². The molecule has 10 amide bonds. The number of aliphatic carboxylic acids is 1. The van der Waals surface area contributed by atoms with Crippen LogP contribution in [0.15, 0.2) is 53.5 Å². The van der Waals surface area contributed by atoms with E-state index in [-0.39, 0.29) is 88.3 Å². The monoisotopic (exact) mass is 1140 g/mol. The summed E-state index contributed by atoms with van der Waals surface area (Å²) >= 11 is 0. The molecule has 0 aliphatic carbocycles. The maximum absolute atomic E-state index is 14.4. The van der Waals surface area contributed by atoms with Crippen LogP contribution in [0, 0.1) is 0 Å². The van der Waals surface area contributed by atoms with E-state index in [9.17, 15) is 83.4 Å². The molecule has 0 spiro atoms. The number of benzene rings is 2. The Morgan fingerprint density at radius 3 is 1.49 bits per heavy atom. The number of guanidine groups is 1. The van der Waals surface area contributed by atoms with E-state index in [2.05, 4.69) is 42.2 Å². The van der Waals surface area contributed by atoms with Crippen LogP contribution in [0.2, 0.25) is 0 Å². The van der Waals surface area contributed by atoms with Gasteiger partial charge in [-0.1, -0.05) is 24.3 Å². The standard InChI is InChI=1S/C50H74N14O17/c1-24(66)39(48(79)64-20-4-6-36(64)47(78)58-31(5-3-19-56-50(54)55)43(74)63-40(25(2)67)49(80)81)62-46(77)35(23-65)61-45(76)34(22-27-9-13-29(69)14-10-27)60-44(75)33(21-26-7-11-28(68)12-8-26)59-42(73)32(16-18-38(53)71)57-41(72)30(51)15-17-37(52)70/h7-14,24-25,30-36,39-40,65-69H,3-6,15-23,51H2,1-2H3,(H2,52,70)(H2,53,71)(H,57,72)(H,58,78)(H,59,73)(H,60,75)(H,61,76)(H,62,77)(H,63,74)(H,80,81)(H4,54,55,56)/t24-,25-,30+,31+,32+,33+,34+,35+,36+,39+,40+/m1/s1. The lowest BCUT2D eigenvalue weighted by atomic mass is 10.0. The predicted molar refractivity (Wildman–Crippen MR) is 285 cm³/mol. The molecule has 0 saturated carbocycles. The van der Waals surface area contributed by atoms with Gasteiger partial charge in [-0.3, -0.25) is 52.9 Å². The second kappa shape index (κ2) is 32.4. The highest BCUT2D eigenvalue weighted by molar-refractivity contribution is 5.99. The van der Waals surface area contributed by atoms with Crippen LogP contribution < -0.4 is 65.9 Å². The van der Waals surface area contributed by atoms with Gasteiger partial charge in [0.2, 0.25) is 59.1 Å². The highest BCUT2D eigenvalue weighted by Gasteiger charge is 2.42. The van der Waals surface area contributed by atoms with Crippen LogP contribution >= 0.6 is 0 Å². The molecule has 0 bridgehead atoms.